The van der Waals surface area contributed by atoms with E-state index in [-0.39, 0.29) is 0 Å². The van der Waals surface area contributed by atoms with Crippen molar-refractivity contribution in [2.45, 2.75) is 19.8 Å². The van der Waals surface area contributed by atoms with Gasteiger partial charge in [-0.2, -0.15) is 0 Å². The summed E-state index contributed by atoms with van der Waals surface area (Å²) in [5, 5.41) is 3.36. The van der Waals surface area contributed by atoms with Crippen LogP contribution in [0, 0.1) is 12.8 Å². The first-order chi connectivity index (χ1) is 8.13. The monoisotopic (exact) mass is 235 g/mol. The highest BCUT2D eigenvalue weighted by Gasteiger charge is 2.16. The summed E-state index contributed by atoms with van der Waals surface area (Å²) in [6.45, 7) is 5.19. The van der Waals surface area contributed by atoms with E-state index in [4.69, 9.17) is 5.73 Å². The number of nitrogens with one attached hydrogen (secondary N) is 1. The highest BCUT2D eigenvalue weighted by atomic mass is 15.1. The summed E-state index contributed by atoms with van der Waals surface area (Å²) < 4.78 is 0. The Balaban J connectivity index is 1.88. The smallest absolute Gasteiger partial charge is 0.131 e. The number of likely N-dealkylation sites (tertiary alicyclic amines) is 1. The molecule has 1 saturated heterocycles. The Morgan fingerprint density at radius 1 is 1.53 bits per heavy atom. The van der Waals surface area contributed by atoms with Crippen LogP contribution in [-0.2, 0) is 0 Å². The molecule has 2 rings (SSSR count). The molecule has 0 amide bonds. The standard InChI is InChI=1S/C12H21N5/c1-9-15-11(13)6-12(16-9)14-7-10-4-3-5-17(2)8-10/h6,10H,3-5,7-8H2,1-2H3,(H3,13,14,15,16). The molecule has 2 heterocycles. The maximum absolute atomic E-state index is 5.69. The number of hydrogen-bond donors (Lipinski definition) is 2. The molecule has 1 aliphatic heterocycles. The second-order valence-electron chi connectivity index (χ2n) is 4.88. The van der Waals surface area contributed by atoms with Gasteiger partial charge in [-0.15, -0.1) is 0 Å². The number of hydrogen-bond acceptors (Lipinski definition) is 5. The van der Waals surface area contributed by atoms with E-state index in [1.807, 2.05) is 6.92 Å². The molecule has 1 aromatic heterocycles. The average Bonchev–Trinajstić information content (AvgIpc) is 2.25. The summed E-state index contributed by atoms with van der Waals surface area (Å²) in [7, 11) is 2.18. The lowest BCUT2D eigenvalue weighted by molar-refractivity contribution is 0.217. The van der Waals surface area contributed by atoms with E-state index in [0.717, 1.165) is 18.9 Å². The first-order valence-electron chi connectivity index (χ1n) is 6.17. The molecule has 0 radical (unpaired) electrons. The summed E-state index contributed by atoms with van der Waals surface area (Å²) >= 11 is 0. The van der Waals surface area contributed by atoms with Gasteiger partial charge in [-0.1, -0.05) is 0 Å². The minimum Gasteiger partial charge on any atom is -0.384 e. The lowest BCUT2D eigenvalue weighted by Gasteiger charge is -2.29. The van der Waals surface area contributed by atoms with Gasteiger partial charge in [0.05, 0.1) is 0 Å². The number of piperidine rings is 1. The first kappa shape index (κ1) is 12.1. The van der Waals surface area contributed by atoms with Crippen LogP contribution >= 0.6 is 0 Å². The first-order valence-corrected chi connectivity index (χ1v) is 6.17. The number of anilines is 2. The number of nitrogens with zero attached hydrogens (tertiary/aromatic N) is 3. The van der Waals surface area contributed by atoms with Gasteiger partial charge in [0.2, 0.25) is 0 Å². The second kappa shape index (κ2) is 5.31. The molecule has 1 fully saturated rings. The molecular weight excluding hydrogens is 214 g/mol. The van der Waals surface area contributed by atoms with Crippen LogP contribution in [0.1, 0.15) is 18.7 Å². The van der Waals surface area contributed by atoms with Crippen LogP contribution in [-0.4, -0.2) is 41.5 Å². The van der Waals surface area contributed by atoms with E-state index in [0.29, 0.717) is 17.6 Å². The molecule has 0 bridgehead atoms. The van der Waals surface area contributed by atoms with E-state index < -0.39 is 0 Å². The molecule has 1 unspecified atom stereocenters. The highest BCUT2D eigenvalue weighted by Crippen LogP contribution is 2.16. The zero-order chi connectivity index (χ0) is 12.3. The lowest BCUT2D eigenvalue weighted by atomic mass is 9.98. The normalized spacial score (nSPS) is 21.4. The fourth-order valence-electron chi connectivity index (χ4n) is 2.37. The fourth-order valence-corrected chi connectivity index (χ4v) is 2.37. The molecule has 5 heteroatoms. The van der Waals surface area contributed by atoms with E-state index in [1.165, 1.54) is 19.4 Å². The molecule has 94 valence electrons. The minimum absolute atomic E-state index is 0.528. The van der Waals surface area contributed by atoms with Crippen LogP contribution in [0.5, 0.6) is 0 Å². The Morgan fingerprint density at radius 3 is 3.06 bits per heavy atom. The maximum atomic E-state index is 5.69. The third kappa shape index (κ3) is 3.56. The largest absolute Gasteiger partial charge is 0.384 e. The Morgan fingerprint density at radius 2 is 2.35 bits per heavy atom. The Hall–Kier alpha value is -1.36. The molecular formula is C12H21N5. The van der Waals surface area contributed by atoms with Crippen LogP contribution in [0.3, 0.4) is 0 Å². The van der Waals surface area contributed by atoms with Gasteiger partial charge < -0.3 is 16.0 Å². The van der Waals surface area contributed by atoms with Crippen LogP contribution in [0.15, 0.2) is 6.07 Å². The summed E-state index contributed by atoms with van der Waals surface area (Å²) in [5.74, 6) is 2.78. The third-order valence-corrected chi connectivity index (χ3v) is 3.15. The number of rotatable bonds is 3. The molecule has 17 heavy (non-hydrogen) atoms. The number of aryl methyl sites for hydroxylation is 1. The third-order valence-electron chi connectivity index (χ3n) is 3.15. The zero-order valence-electron chi connectivity index (χ0n) is 10.6. The topological polar surface area (TPSA) is 67.1 Å². The van der Waals surface area contributed by atoms with Gasteiger partial charge in [-0.3, -0.25) is 0 Å². The quantitative estimate of drug-likeness (QED) is 0.822. The predicted octanol–water partition coefficient (Wildman–Crippen LogP) is 1.12. The van der Waals surface area contributed by atoms with Crippen molar-refractivity contribution in [3.63, 3.8) is 0 Å². The van der Waals surface area contributed by atoms with Crippen LogP contribution in [0.2, 0.25) is 0 Å². The van der Waals surface area contributed by atoms with Gasteiger partial charge in [-0.25, -0.2) is 9.97 Å². The maximum Gasteiger partial charge on any atom is 0.131 e. The van der Waals surface area contributed by atoms with Gasteiger partial charge in [0.25, 0.3) is 0 Å². The Bertz CT molecular complexity index is 359. The van der Waals surface area contributed by atoms with Crippen molar-refractivity contribution in [3.05, 3.63) is 11.9 Å². The summed E-state index contributed by atoms with van der Waals surface area (Å²) in [6.07, 6.45) is 2.57. The minimum atomic E-state index is 0.528. The van der Waals surface area contributed by atoms with Crippen molar-refractivity contribution in [1.82, 2.24) is 14.9 Å². The molecule has 1 atom stereocenters. The predicted molar refractivity (Wildman–Crippen MR) is 69.9 cm³/mol. The molecule has 0 aliphatic carbocycles. The van der Waals surface area contributed by atoms with Crippen molar-refractivity contribution in [3.8, 4) is 0 Å². The average molecular weight is 235 g/mol. The summed E-state index contributed by atoms with van der Waals surface area (Å²) in [4.78, 5) is 10.8. The van der Waals surface area contributed by atoms with Crippen LogP contribution in [0.4, 0.5) is 11.6 Å². The molecule has 0 spiro atoms. The molecule has 5 nitrogen and oxygen atoms in total. The van der Waals surface area contributed by atoms with Crippen molar-refractivity contribution in [2.24, 2.45) is 5.92 Å². The van der Waals surface area contributed by atoms with Gasteiger partial charge >= 0.3 is 0 Å². The van der Waals surface area contributed by atoms with Crippen molar-refractivity contribution in [1.29, 1.82) is 0 Å². The molecule has 0 saturated carbocycles. The second-order valence-corrected chi connectivity index (χ2v) is 4.88. The Labute approximate surface area is 102 Å². The molecule has 3 N–H and O–H groups in total. The van der Waals surface area contributed by atoms with Crippen molar-refractivity contribution < 1.29 is 0 Å². The molecule has 1 aromatic rings. The number of nitrogens with two attached hydrogens (primary N) is 1. The van der Waals surface area contributed by atoms with E-state index in [2.05, 4.69) is 27.2 Å². The van der Waals surface area contributed by atoms with Crippen molar-refractivity contribution >= 4 is 11.6 Å². The number of nitrogen functional groups attached to an aromatic ring is 1. The van der Waals surface area contributed by atoms with E-state index in [9.17, 15) is 0 Å². The van der Waals surface area contributed by atoms with E-state index >= 15 is 0 Å². The van der Waals surface area contributed by atoms with Crippen LogP contribution < -0.4 is 11.1 Å². The Kier molecular flexibility index (Phi) is 3.78. The van der Waals surface area contributed by atoms with Gasteiger partial charge in [0, 0.05) is 19.2 Å². The number of aromatic nitrogens is 2. The summed E-state index contributed by atoms with van der Waals surface area (Å²) in [6, 6.07) is 1.79. The SMILES string of the molecule is Cc1nc(N)cc(NCC2CCCN(C)C2)n1. The molecule has 0 aromatic carbocycles. The van der Waals surface area contributed by atoms with Crippen LogP contribution in [0.25, 0.3) is 0 Å². The highest BCUT2D eigenvalue weighted by molar-refractivity contribution is 5.44. The fraction of sp³-hybridized carbons (Fsp3) is 0.667. The zero-order valence-corrected chi connectivity index (χ0v) is 10.6. The van der Waals surface area contributed by atoms with E-state index in [1.54, 1.807) is 6.07 Å². The lowest BCUT2D eigenvalue weighted by Crippen LogP contribution is -2.35. The van der Waals surface area contributed by atoms with Gasteiger partial charge in [0.1, 0.15) is 17.5 Å². The van der Waals surface area contributed by atoms with Gasteiger partial charge in [0.15, 0.2) is 0 Å². The van der Waals surface area contributed by atoms with Gasteiger partial charge in [-0.05, 0) is 39.3 Å². The van der Waals surface area contributed by atoms with Crippen molar-refractivity contribution in [2.75, 3.05) is 37.7 Å². The summed E-state index contributed by atoms with van der Waals surface area (Å²) in [5.41, 5.74) is 5.69. The molecule has 1 aliphatic rings.